The van der Waals surface area contributed by atoms with Gasteiger partial charge in [0.05, 0.1) is 13.2 Å². The van der Waals surface area contributed by atoms with Crippen molar-refractivity contribution >= 4 is 5.91 Å². The van der Waals surface area contributed by atoms with Gasteiger partial charge in [0.25, 0.3) is 0 Å². The van der Waals surface area contributed by atoms with E-state index in [4.69, 9.17) is 10.5 Å². The second kappa shape index (κ2) is 6.75. The summed E-state index contributed by atoms with van der Waals surface area (Å²) in [7, 11) is 1.65. The van der Waals surface area contributed by atoms with Crippen LogP contribution >= 0.6 is 0 Å². The number of hydrogen-bond acceptors (Lipinski definition) is 3. The minimum atomic E-state index is -0.0170. The summed E-state index contributed by atoms with van der Waals surface area (Å²) >= 11 is 0. The summed E-state index contributed by atoms with van der Waals surface area (Å²) in [6, 6.07) is 7.79. The Labute approximate surface area is 120 Å². The third-order valence-electron chi connectivity index (χ3n) is 4.25. The number of rotatable bonds is 5. The van der Waals surface area contributed by atoms with E-state index in [9.17, 15) is 4.79 Å². The lowest BCUT2D eigenvalue weighted by Crippen LogP contribution is -2.36. The first kappa shape index (κ1) is 14.9. The Balaban J connectivity index is 1.99. The number of nitrogens with one attached hydrogen (secondary N) is 1. The molecule has 0 aromatic heterocycles. The normalized spacial score (nSPS) is 23.4. The lowest BCUT2D eigenvalue weighted by Gasteiger charge is -2.21. The highest BCUT2D eigenvalue weighted by Crippen LogP contribution is 2.31. The molecule has 1 aliphatic carbocycles. The average Bonchev–Trinajstić information content (AvgIpc) is 2.95. The van der Waals surface area contributed by atoms with Crippen molar-refractivity contribution in [2.45, 2.75) is 32.2 Å². The molecule has 1 aromatic rings. The fourth-order valence-electron chi connectivity index (χ4n) is 2.98. The summed E-state index contributed by atoms with van der Waals surface area (Å²) in [6.07, 6.45) is 3.13. The summed E-state index contributed by atoms with van der Waals surface area (Å²) in [6.45, 7) is 2.60. The van der Waals surface area contributed by atoms with E-state index < -0.39 is 0 Å². The quantitative estimate of drug-likeness (QED) is 0.867. The van der Waals surface area contributed by atoms with Crippen LogP contribution < -0.4 is 15.8 Å². The molecular weight excluding hydrogens is 252 g/mol. The molecule has 1 fully saturated rings. The molecule has 3 unspecified atom stereocenters. The van der Waals surface area contributed by atoms with Crippen molar-refractivity contribution in [3.8, 4) is 5.75 Å². The number of hydrogen-bond donors (Lipinski definition) is 2. The Morgan fingerprint density at radius 2 is 2.30 bits per heavy atom. The summed E-state index contributed by atoms with van der Waals surface area (Å²) in [5.74, 6) is 1.36. The molecule has 1 aliphatic rings. The molecule has 3 atom stereocenters. The van der Waals surface area contributed by atoms with Crippen molar-refractivity contribution in [2.75, 3.05) is 13.7 Å². The lowest BCUT2D eigenvalue weighted by molar-refractivity contribution is -0.126. The van der Waals surface area contributed by atoms with Crippen LogP contribution in [0.15, 0.2) is 24.3 Å². The van der Waals surface area contributed by atoms with E-state index >= 15 is 0 Å². The van der Waals surface area contributed by atoms with Gasteiger partial charge in [-0.1, -0.05) is 18.6 Å². The molecule has 4 heteroatoms. The third kappa shape index (κ3) is 3.31. The van der Waals surface area contributed by atoms with Crippen LogP contribution in [0.2, 0.25) is 0 Å². The van der Waals surface area contributed by atoms with Gasteiger partial charge in [0.1, 0.15) is 5.75 Å². The molecular formula is C16H24N2O2. The third-order valence-corrected chi connectivity index (χ3v) is 4.25. The molecule has 0 heterocycles. The number of nitrogens with two attached hydrogens (primary N) is 1. The number of carbonyl (C=O) groups excluding carboxylic acids is 1. The Morgan fingerprint density at radius 3 is 3.00 bits per heavy atom. The van der Waals surface area contributed by atoms with Crippen LogP contribution in [0.25, 0.3) is 0 Å². The standard InChI is InChI=1S/C16H24N2O2/c1-11(12-5-3-7-14(9-12)20-2)18-16(19)15-8-4-6-13(15)10-17/h3,5,7,9,11,13,15H,4,6,8,10,17H2,1-2H3,(H,18,19). The van der Waals surface area contributed by atoms with Crippen molar-refractivity contribution in [1.29, 1.82) is 0 Å². The number of amides is 1. The monoisotopic (exact) mass is 276 g/mol. The molecule has 0 spiro atoms. The molecule has 0 saturated heterocycles. The summed E-state index contributed by atoms with van der Waals surface area (Å²) < 4.78 is 5.22. The maximum absolute atomic E-state index is 12.4. The Morgan fingerprint density at radius 1 is 1.50 bits per heavy atom. The number of carbonyl (C=O) groups is 1. The van der Waals surface area contributed by atoms with Crippen molar-refractivity contribution < 1.29 is 9.53 Å². The summed E-state index contributed by atoms with van der Waals surface area (Å²) in [5.41, 5.74) is 6.80. The topological polar surface area (TPSA) is 64.3 Å². The first-order valence-electron chi connectivity index (χ1n) is 7.30. The number of methoxy groups -OCH3 is 1. The zero-order valence-corrected chi connectivity index (χ0v) is 12.3. The highest BCUT2D eigenvalue weighted by molar-refractivity contribution is 5.79. The van der Waals surface area contributed by atoms with Gasteiger partial charge in [-0.15, -0.1) is 0 Å². The van der Waals surface area contributed by atoms with Crippen molar-refractivity contribution in [2.24, 2.45) is 17.6 Å². The zero-order valence-electron chi connectivity index (χ0n) is 12.3. The predicted molar refractivity (Wildman–Crippen MR) is 79.4 cm³/mol. The van der Waals surface area contributed by atoms with Crippen molar-refractivity contribution in [3.05, 3.63) is 29.8 Å². The van der Waals surface area contributed by atoms with Gasteiger partial charge < -0.3 is 15.8 Å². The Bertz CT molecular complexity index is 462. The SMILES string of the molecule is COc1cccc(C(C)NC(=O)C2CCCC2CN)c1. The molecule has 3 N–H and O–H groups in total. The minimum absolute atomic E-state index is 0.0170. The second-order valence-electron chi connectivity index (χ2n) is 5.54. The molecule has 0 aliphatic heterocycles. The first-order valence-corrected chi connectivity index (χ1v) is 7.30. The van der Waals surface area contributed by atoms with Crippen LogP contribution in [0.4, 0.5) is 0 Å². The van der Waals surface area contributed by atoms with Crippen LogP contribution in [0.5, 0.6) is 5.75 Å². The molecule has 0 radical (unpaired) electrons. The van der Waals surface area contributed by atoms with Gasteiger partial charge in [-0.05, 0) is 49.9 Å². The summed E-state index contributed by atoms with van der Waals surface area (Å²) in [4.78, 5) is 12.4. The van der Waals surface area contributed by atoms with Crippen LogP contribution in [0.1, 0.15) is 37.8 Å². The van der Waals surface area contributed by atoms with Crippen LogP contribution in [-0.4, -0.2) is 19.6 Å². The zero-order chi connectivity index (χ0) is 14.5. The summed E-state index contributed by atoms with van der Waals surface area (Å²) in [5, 5.41) is 3.10. The first-order chi connectivity index (χ1) is 9.65. The van der Waals surface area contributed by atoms with Gasteiger partial charge in [-0.2, -0.15) is 0 Å². The van der Waals surface area contributed by atoms with Gasteiger partial charge >= 0.3 is 0 Å². The molecule has 1 aromatic carbocycles. The minimum Gasteiger partial charge on any atom is -0.497 e. The highest BCUT2D eigenvalue weighted by Gasteiger charge is 2.32. The molecule has 1 amide bonds. The fraction of sp³-hybridized carbons (Fsp3) is 0.562. The fourth-order valence-corrected chi connectivity index (χ4v) is 2.98. The molecule has 4 nitrogen and oxygen atoms in total. The van der Waals surface area contributed by atoms with Gasteiger partial charge in [0, 0.05) is 5.92 Å². The molecule has 2 rings (SSSR count). The van der Waals surface area contributed by atoms with E-state index in [2.05, 4.69) is 5.32 Å². The van der Waals surface area contributed by atoms with Crippen molar-refractivity contribution in [1.82, 2.24) is 5.32 Å². The van der Waals surface area contributed by atoms with Crippen LogP contribution in [0, 0.1) is 11.8 Å². The maximum atomic E-state index is 12.4. The van der Waals surface area contributed by atoms with Gasteiger partial charge in [0.15, 0.2) is 0 Å². The van der Waals surface area contributed by atoms with E-state index in [1.165, 1.54) is 0 Å². The predicted octanol–water partition coefficient (Wildman–Crippen LogP) is 2.25. The maximum Gasteiger partial charge on any atom is 0.223 e. The molecule has 0 bridgehead atoms. The van der Waals surface area contributed by atoms with Crippen LogP contribution in [0.3, 0.4) is 0 Å². The molecule has 110 valence electrons. The highest BCUT2D eigenvalue weighted by atomic mass is 16.5. The Kier molecular flexibility index (Phi) is 5.01. The van der Waals surface area contributed by atoms with E-state index in [1.807, 2.05) is 31.2 Å². The molecule has 1 saturated carbocycles. The van der Waals surface area contributed by atoms with Gasteiger partial charge in [-0.3, -0.25) is 4.79 Å². The van der Waals surface area contributed by atoms with Crippen LogP contribution in [-0.2, 0) is 4.79 Å². The van der Waals surface area contributed by atoms with E-state index in [-0.39, 0.29) is 17.9 Å². The van der Waals surface area contributed by atoms with E-state index in [0.717, 1.165) is 30.6 Å². The second-order valence-corrected chi connectivity index (χ2v) is 5.54. The number of ether oxygens (including phenoxy) is 1. The van der Waals surface area contributed by atoms with E-state index in [1.54, 1.807) is 7.11 Å². The van der Waals surface area contributed by atoms with Crippen molar-refractivity contribution in [3.63, 3.8) is 0 Å². The largest absolute Gasteiger partial charge is 0.497 e. The Hall–Kier alpha value is -1.55. The van der Waals surface area contributed by atoms with E-state index in [0.29, 0.717) is 12.5 Å². The number of benzene rings is 1. The molecule has 20 heavy (non-hydrogen) atoms. The van der Waals surface area contributed by atoms with Gasteiger partial charge in [-0.25, -0.2) is 0 Å². The lowest BCUT2D eigenvalue weighted by atomic mass is 9.94. The smallest absolute Gasteiger partial charge is 0.223 e. The van der Waals surface area contributed by atoms with Gasteiger partial charge in [0.2, 0.25) is 5.91 Å². The average molecular weight is 276 g/mol.